The minimum absolute atomic E-state index is 0.427. The van der Waals surface area contributed by atoms with Crippen molar-refractivity contribution in [3.63, 3.8) is 0 Å². The van der Waals surface area contributed by atoms with E-state index in [1.165, 1.54) is 0 Å². The lowest BCUT2D eigenvalue weighted by molar-refractivity contribution is 0.788. The molecule has 2 aromatic rings. The second kappa shape index (κ2) is 3.40. The lowest BCUT2D eigenvalue weighted by atomic mass is 10.3. The molecule has 0 bridgehead atoms. The molecular formula is C9H9N5. The molecule has 0 N–H and O–H groups in total. The number of benzene rings is 1. The first-order chi connectivity index (χ1) is 6.86. The van der Waals surface area contributed by atoms with Crippen LogP contribution in [0.5, 0.6) is 0 Å². The first kappa shape index (κ1) is 8.59. The second-order valence-electron chi connectivity index (χ2n) is 2.83. The maximum absolute atomic E-state index is 8.37. The van der Waals surface area contributed by atoms with E-state index >= 15 is 0 Å². The van der Waals surface area contributed by atoms with Crippen molar-refractivity contribution in [1.82, 2.24) is 9.55 Å². The van der Waals surface area contributed by atoms with Gasteiger partial charge in [0.2, 0.25) is 0 Å². The molecule has 1 heterocycles. The van der Waals surface area contributed by atoms with Gasteiger partial charge in [0.15, 0.2) is 5.95 Å². The third kappa shape index (κ3) is 1.20. The van der Waals surface area contributed by atoms with Gasteiger partial charge < -0.3 is 4.57 Å². The van der Waals surface area contributed by atoms with E-state index in [0.717, 1.165) is 17.6 Å². The summed E-state index contributed by atoms with van der Waals surface area (Å²) in [5.41, 5.74) is 10.2. The third-order valence-electron chi connectivity index (χ3n) is 2.08. The Bertz CT molecular complexity index is 507. The number of imidazole rings is 1. The molecule has 0 saturated carbocycles. The van der Waals surface area contributed by atoms with Crippen molar-refractivity contribution in [2.45, 2.75) is 13.5 Å². The number of aromatic nitrogens is 2. The molecule has 5 heteroatoms. The standard InChI is InChI=1S/C9H9N5/c1-2-14-8-6-4-3-5-7(8)11-9(14)12-13-10/h3-6H,2H2,1H3. The van der Waals surface area contributed by atoms with E-state index in [9.17, 15) is 0 Å². The summed E-state index contributed by atoms with van der Waals surface area (Å²) in [5.74, 6) is 0.427. The number of nitrogens with zero attached hydrogens (tertiary/aromatic N) is 5. The van der Waals surface area contributed by atoms with E-state index in [-0.39, 0.29) is 0 Å². The van der Waals surface area contributed by atoms with Gasteiger partial charge in [-0.25, -0.2) is 4.98 Å². The van der Waals surface area contributed by atoms with Crippen LogP contribution in [0.15, 0.2) is 29.4 Å². The fourth-order valence-electron chi connectivity index (χ4n) is 1.49. The normalized spacial score (nSPS) is 10.1. The van der Waals surface area contributed by atoms with Crippen molar-refractivity contribution in [3.05, 3.63) is 34.7 Å². The molecule has 14 heavy (non-hydrogen) atoms. The van der Waals surface area contributed by atoms with Gasteiger partial charge in [0.25, 0.3) is 0 Å². The molecule has 5 nitrogen and oxygen atoms in total. The van der Waals surface area contributed by atoms with Crippen molar-refractivity contribution in [3.8, 4) is 0 Å². The van der Waals surface area contributed by atoms with Crippen LogP contribution in [-0.2, 0) is 6.54 Å². The highest BCUT2D eigenvalue weighted by Gasteiger charge is 2.05. The summed E-state index contributed by atoms with van der Waals surface area (Å²) in [7, 11) is 0. The average Bonchev–Trinajstić information content (AvgIpc) is 2.55. The number of hydrogen-bond donors (Lipinski definition) is 0. The van der Waals surface area contributed by atoms with E-state index in [4.69, 9.17) is 5.53 Å². The van der Waals surface area contributed by atoms with Crippen molar-refractivity contribution in [1.29, 1.82) is 0 Å². The fraction of sp³-hybridized carbons (Fsp3) is 0.222. The summed E-state index contributed by atoms with van der Waals surface area (Å²) >= 11 is 0. The molecule has 2 rings (SSSR count). The first-order valence-electron chi connectivity index (χ1n) is 4.37. The summed E-state index contributed by atoms with van der Waals surface area (Å²) in [5, 5.41) is 3.55. The third-order valence-corrected chi connectivity index (χ3v) is 2.08. The highest BCUT2D eigenvalue weighted by molar-refractivity contribution is 5.77. The summed E-state index contributed by atoms with van der Waals surface area (Å²) < 4.78 is 1.88. The fourth-order valence-corrected chi connectivity index (χ4v) is 1.49. The Labute approximate surface area is 80.6 Å². The highest BCUT2D eigenvalue weighted by atomic mass is 15.3. The van der Waals surface area contributed by atoms with Gasteiger partial charge >= 0.3 is 0 Å². The Morgan fingerprint density at radius 3 is 3.00 bits per heavy atom. The highest BCUT2D eigenvalue weighted by Crippen LogP contribution is 2.21. The van der Waals surface area contributed by atoms with Gasteiger partial charge in [-0.15, -0.1) is 0 Å². The molecule has 0 aliphatic rings. The molecule has 70 valence electrons. The summed E-state index contributed by atoms with van der Waals surface area (Å²) in [6.07, 6.45) is 0. The van der Waals surface area contributed by atoms with E-state index in [1.807, 2.05) is 35.8 Å². The zero-order chi connectivity index (χ0) is 9.97. The molecule has 1 aromatic heterocycles. The lowest BCUT2D eigenvalue weighted by Crippen LogP contribution is -1.91. The van der Waals surface area contributed by atoms with Crippen molar-refractivity contribution in [2.75, 3.05) is 0 Å². The van der Waals surface area contributed by atoms with E-state index in [0.29, 0.717) is 5.95 Å². The Kier molecular flexibility index (Phi) is 2.08. The Balaban J connectivity index is 2.78. The Morgan fingerprint density at radius 2 is 2.29 bits per heavy atom. The van der Waals surface area contributed by atoms with Crippen LogP contribution in [0, 0.1) is 0 Å². The van der Waals surface area contributed by atoms with Crippen LogP contribution in [0.2, 0.25) is 0 Å². The monoisotopic (exact) mass is 187 g/mol. The number of azide groups is 1. The molecule has 0 amide bonds. The van der Waals surface area contributed by atoms with Gasteiger partial charge in [-0.2, -0.15) is 0 Å². The van der Waals surface area contributed by atoms with Crippen LogP contribution in [-0.4, -0.2) is 9.55 Å². The van der Waals surface area contributed by atoms with Gasteiger partial charge in [-0.3, -0.25) is 0 Å². The topological polar surface area (TPSA) is 66.6 Å². The number of para-hydroxylation sites is 2. The molecule has 0 saturated heterocycles. The smallest absolute Gasteiger partial charge is 0.197 e. The zero-order valence-corrected chi connectivity index (χ0v) is 7.75. The molecular weight excluding hydrogens is 178 g/mol. The van der Waals surface area contributed by atoms with Gasteiger partial charge in [0, 0.05) is 11.5 Å². The summed E-state index contributed by atoms with van der Waals surface area (Å²) in [6, 6.07) is 7.71. The second-order valence-corrected chi connectivity index (χ2v) is 2.83. The molecule has 0 aliphatic heterocycles. The Hall–Kier alpha value is -2.00. The van der Waals surface area contributed by atoms with Crippen LogP contribution in [0.1, 0.15) is 6.92 Å². The van der Waals surface area contributed by atoms with Crippen molar-refractivity contribution < 1.29 is 0 Å². The molecule has 0 unspecified atom stereocenters. The predicted molar refractivity (Wildman–Crippen MR) is 54.2 cm³/mol. The van der Waals surface area contributed by atoms with E-state index in [2.05, 4.69) is 15.0 Å². The summed E-state index contributed by atoms with van der Waals surface area (Å²) in [6.45, 7) is 2.74. The van der Waals surface area contributed by atoms with Crippen molar-refractivity contribution >= 4 is 17.0 Å². The number of aryl methyl sites for hydroxylation is 1. The average molecular weight is 187 g/mol. The van der Waals surface area contributed by atoms with E-state index in [1.54, 1.807) is 0 Å². The van der Waals surface area contributed by atoms with Crippen LogP contribution >= 0.6 is 0 Å². The van der Waals surface area contributed by atoms with Crippen molar-refractivity contribution in [2.24, 2.45) is 5.11 Å². The van der Waals surface area contributed by atoms with Crippen LogP contribution in [0.25, 0.3) is 21.5 Å². The van der Waals surface area contributed by atoms with Gasteiger partial charge in [-0.1, -0.05) is 12.1 Å². The number of hydrogen-bond acceptors (Lipinski definition) is 2. The minimum atomic E-state index is 0.427. The SMILES string of the molecule is CCn1c(N=[N+]=[N-])nc2ccccc21. The van der Waals surface area contributed by atoms with Crippen LogP contribution in [0.3, 0.4) is 0 Å². The first-order valence-corrected chi connectivity index (χ1v) is 4.37. The zero-order valence-electron chi connectivity index (χ0n) is 7.75. The molecule has 1 aromatic carbocycles. The molecule has 0 atom stereocenters. The van der Waals surface area contributed by atoms with E-state index < -0.39 is 0 Å². The molecule has 0 spiro atoms. The maximum atomic E-state index is 8.37. The number of rotatable bonds is 2. The molecule has 0 fully saturated rings. The maximum Gasteiger partial charge on any atom is 0.197 e. The largest absolute Gasteiger partial charge is 0.323 e. The molecule has 0 aliphatic carbocycles. The van der Waals surface area contributed by atoms with Crippen LogP contribution in [0.4, 0.5) is 5.95 Å². The van der Waals surface area contributed by atoms with Gasteiger partial charge in [-0.05, 0) is 29.7 Å². The minimum Gasteiger partial charge on any atom is -0.323 e. The quantitative estimate of drug-likeness (QED) is 0.404. The summed E-state index contributed by atoms with van der Waals surface area (Å²) in [4.78, 5) is 6.97. The number of fused-ring (bicyclic) bond motifs is 1. The van der Waals surface area contributed by atoms with Gasteiger partial charge in [0.1, 0.15) is 0 Å². The molecule has 0 radical (unpaired) electrons. The van der Waals surface area contributed by atoms with Gasteiger partial charge in [0.05, 0.1) is 11.0 Å². The predicted octanol–water partition coefficient (Wildman–Crippen LogP) is 3.00. The lowest BCUT2D eigenvalue weighted by Gasteiger charge is -1.99. The Morgan fingerprint density at radius 1 is 1.50 bits per heavy atom. The van der Waals surface area contributed by atoms with Crippen LogP contribution < -0.4 is 0 Å².